The third-order valence-electron chi connectivity index (χ3n) is 5.19. The van der Waals surface area contributed by atoms with Gasteiger partial charge in [0.05, 0.1) is 19.3 Å². The van der Waals surface area contributed by atoms with Gasteiger partial charge in [-0.1, -0.05) is 12.1 Å². The number of anilines is 1. The van der Waals surface area contributed by atoms with E-state index in [-0.39, 0.29) is 6.79 Å². The SMILES string of the molecule is CN=C(NCCOc1ccc2c(c1)OCO2)NC1CCN(c2ccccc2OC)C1. The Bertz CT molecular complexity index is 889. The zero-order valence-corrected chi connectivity index (χ0v) is 17.4. The van der Waals surface area contributed by atoms with Crippen LogP contribution in [0, 0.1) is 0 Å². The minimum Gasteiger partial charge on any atom is -0.495 e. The van der Waals surface area contributed by atoms with Gasteiger partial charge in [0.15, 0.2) is 17.5 Å². The summed E-state index contributed by atoms with van der Waals surface area (Å²) < 4.78 is 22.0. The number of ether oxygens (including phenoxy) is 4. The van der Waals surface area contributed by atoms with Gasteiger partial charge in [0.1, 0.15) is 18.1 Å². The van der Waals surface area contributed by atoms with Gasteiger partial charge in [-0.25, -0.2) is 0 Å². The van der Waals surface area contributed by atoms with Crippen LogP contribution in [0.15, 0.2) is 47.5 Å². The Morgan fingerprint density at radius 3 is 2.93 bits per heavy atom. The lowest BCUT2D eigenvalue weighted by Crippen LogP contribution is -2.45. The molecule has 1 saturated heterocycles. The van der Waals surface area contributed by atoms with Crippen LogP contribution in [0.4, 0.5) is 5.69 Å². The highest BCUT2D eigenvalue weighted by Gasteiger charge is 2.25. The number of nitrogens with one attached hydrogen (secondary N) is 2. The Balaban J connectivity index is 1.21. The van der Waals surface area contributed by atoms with Gasteiger partial charge < -0.3 is 34.5 Å². The molecule has 160 valence electrons. The molecule has 0 radical (unpaired) electrons. The molecule has 1 fully saturated rings. The van der Waals surface area contributed by atoms with Crippen LogP contribution in [-0.2, 0) is 0 Å². The standard InChI is InChI=1S/C22H28N4O4/c1-23-22(24-10-12-28-17-7-8-20-21(13-17)30-15-29-20)25-16-9-11-26(14-16)18-5-3-4-6-19(18)27-2/h3-8,13,16H,9-12,14-15H2,1-2H3,(H2,23,24,25). The number of nitrogens with zero attached hydrogens (tertiary/aromatic N) is 2. The Morgan fingerprint density at radius 1 is 1.20 bits per heavy atom. The average molecular weight is 412 g/mol. The van der Waals surface area contributed by atoms with Crippen molar-refractivity contribution in [1.82, 2.24) is 10.6 Å². The first-order chi connectivity index (χ1) is 14.8. The predicted octanol–water partition coefficient (Wildman–Crippen LogP) is 2.25. The molecule has 2 aliphatic heterocycles. The fourth-order valence-corrected chi connectivity index (χ4v) is 3.68. The predicted molar refractivity (Wildman–Crippen MR) is 116 cm³/mol. The molecule has 0 aromatic heterocycles. The molecular weight excluding hydrogens is 384 g/mol. The molecule has 0 bridgehead atoms. The van der Waals surface area contributed by atoms with Crippen LogP contribution in [-0.4, -0.2) is 59.2 Å². The highest BCUT2D eigenvalue weighted by atomic mass is 16.7. The second-order valence-electron chi connectivity index (χ2n) is 7.11. The summed E-state index contributed by atoms with van der Waals surface area (Å²) in [6.45, 7) is 3.28. The molecule has 0 amide bonds. The van der Waals surface area contributed by atoms with Gasteiger partial charge in [-0.3, -0.25) is 4.99 Å². The summed E-state index contributed by atoms with van der Waals surface area (Å²) >= 11 is 0. The second-order valence-corrected chi connectivity index (χ2v) is 7.11. The van der Waals surface area contributed by atoms with Crippen molar-refractivity contribution in [2.75, 3.05) is 52.1 Å². The van der Waals surface area contributed by atoms with Crippen molar-refractivity contribution in [3.63, 3.8) is 0 Å². The maximum absolute atomic E-state index is 5.79. The van der Waals surface area contributed by atoms with Crippen LogP contribution in [0.3, 0.4) is 0 Å². The maximum Gasteiger partial charge on any atom is 0.231 e. The quantitative estimate of drug-likeness (QED) is 0.410. The molecule has 0 aliphatic carbocycles. The van der Waals surface area contributed by atoms with E-state index in [9.17, 15) is 0 Å². The van der Waals surface area contributed by atoms with Crippen LogP contribution in [0.5, 0.6) is 23.0 Å². The van der Waals surface area contributed by atoms with Crippen molar-refractivity contribution in [3.05, 3.63) is 42.5 Å². The number of benzene rings is 2. The first kappa shape index (κ1) is 20.0. The largest absolute Gasteiger partial charge is 0.495 e. The number of rotatable bonds is 7. The van der Waals surface area contributed by atoms with Gasteiger partial charge >= 0.3 is 0 Å². The van der Waals surface area contributed by atoms with E-state index in [0.717, 1.165) is 54.2 Å². The van der Waals surface area contributed by atoms with Gasteiger partial charge in [-0.2, -0.15) is 0 Å². The summed E-state index contributed by atoms with van der Waals surface area (Å²) in [5.41, 5.74) is 1.13. The first-order valence-electron chi connectivity index (χ1n) is 10.1. The number of para-hydroxylation sites is 2. The van der Waals surface area contributed by atoms with Crippen LogP contribution in [0.25, 0.3) is 0 Å². The summed E-state index contributed by atoms with van der Waals surface area (Å²) in [6.07, 6.45) is 1.03. The molecule has 2 aliphatic rings. The van der Waals surface area contributed by atoms with E-state index in [1.165, 1.54) is 0 Å². The zero-order valence-electron chi connectivity index (χ0n) is 17.4. The Labute approximate surface area is 176 Å². The van der Waals surface area contributed by atoms with E-state index in [0.29, 0.717) is 19.2 Å². The van der Waals surface area contributed by atoms with Gasteiger partial charge in [0.25, 0.3) is 0 Å². The Morgan fingerprint density at radius 2 is 2.07 bits per heavy atom. The van der Waals surface area contributed by atoms with Gasteiger partial charge in [0.2, 0.25) is 6.79 Å². The van der Waals surface area contributed by atoms with E-state index in [2.05, 4.69) is 26.6 Å². The first-order valence-corrected chi connectivity index (χ1v) is 10.1. The smallest absolute Gasteiger partial charge is 0.231 e. The molecule has 2 aromatic carbocycles. The highest BCUT2D eigenvalue weighted by molar-refractivity contribution is 5.80. The van der Waals surface area contributed by atoms with Crippen molar-refractivity contribution >= 4 is 11.6 Å². The molecule has 2 N–H and O–H groups in total. The molecule has 0 saturated carbocycles. The molecular formula is C22H28N4O4. The van der Waals surface area contributed by atoms with Crippen molar-refractivity contribution < 1.29 is 18.9 Å². The summed E-state index contributed by atoms with van der Waals surface area (Å²) in [5.74, 6) is 3.91. The maximum atomic E-state index is 5.79. The molecule has 8 heteroatoms. The lowest BCUT2D eigenvalue weighted by Gasteiger charge is -2.22. The lowest BCUT2D eigenvalue weighted by molar-refractivity contribution is 0.173. The summed E-state index contributed by atoms with van der Waals surface area (Å²) in [5, 5.41) is 6.81. The molecule has 30 heavy (non-hydrogen) atoms. The van der Waals surface area contributed by atoms with E-state index in [1.807, 2.05) is 36.4 Å². The third kappa shape index (κ3) is 4.64. The van der Waals surface area contributed by atoms with Gasteiger partial charge in [-0.15, -0.1) is 0 Å². The molecule has 1 unspecified atom stereocenters. The second kappa shape index (κ2) is 9.47. The van der Waals surface area contributed by atoms with Crippen molar-refractivity contribution in [3.8, 4) is 23.0 Å². The summed E-state index contributed by atoms with van der Waals surface area (Å²) in [4.78, 5) is 6.67. The Kier molecular flexibility index (Phi) is 6.32. The van der Waals surface area contributed by atoms with E-state index in [1.54, 1.807) is 14.2 Å². The zero-order chi connectivity index (χ0) is 20.8. The fourth-order valence-electron chi connectivity index (χ4n) is 3.68. The van der Waals surface area contributed by atoms with E-state index >= 15 is 0 Å². The topological polar surface area (TPSA) is 76.6 Å². The number of hydrogen-bond acceptors (Lipinski definition) is 6. The van der Waals surface area contributed by atoms with Crippen molar-refractivity contribution in [2.24, 2.45) is 4.99 Å². The average Bonchev–Trinajstić information content (AvgIpc) is 3.44. The van der Waals surface area contributed by atoms with Crippen LogP contribution >= 0.6 is 0 Å². The minimum atomic E-state index is 0.262. The highest BCUT2D eigenvalue weighted by Crippen LogP contribution is 2.35. The van der Waals surface area contributed by atoms with Crippen LogP contribution < -0.4 is 34.5 Å². The molecule has 4 rings (SSSR count). The molecule has 2 heterocycles. The number of fused-ring (bicyclic) bond motifs is 1. The normalized spacial score (nSPS) is 17.7. The van der Waals surface area contributed by atoms with Crippen LogP contribution in [0.1, 0.15) is 6.42 Å². The Hall–Kier alpha value is -3.29. The monoisotopic (exact) mass is 412 g/mol. The number of aliphatic imine (C=N–C) groups is 1. The van der Waals surface area contributed by atoms with Crippen LogP contribution in [0.2, 0.25) is 0 Å². The van der Waals surface area contributed by atoms with E-state index < -0.39 is 0 Å². The van der Waals surface area contributed by atoms with Gasteiger partial charge in [-0.05, 0) is 30.7 Å². The number of guanidine groups is 1. The number of methoxy groups -OCH3 is 1. The third-order valence-corrected chi connectivity index (χ3v) is 5.19. The summed E-state index contributed by atoms with van der Waals surface area (Å²) in [6, 6.07) is 14.0. The number of hydrogen-bond donors (Lipinski definition) is 2. The minimum absolute atomic E-state index is 0.262. The molecule has 2 aromatic rings. The fraction of sp³-hybridized carbons (Fsp3) is 0.409. The van der Waals surface area contributed by atoms with E-state index in [4.69, 9.17) is 18.9 Å². The molecule has 1 atom stereocenters. The lowest BCUT2D eigenvalue weighted by atomic mass is 10.2. The summed E-state index contributed by atoms with van der Waals surface area (Å²) in [7, 11) is 3.49. The van der Waals surface area contributed by atoms with Crippen molar-refractivity contribution in [1.29, 1.82) is 0 Å². The molecule has 8 nitrogen and oxygen atoms in total. The van der Waals surface area contributed by atoms with Crippen molar-refractivity contribution in [2.45, 2.75) is 12.5 Å². The molecule has 0 spiro atoms. The van der Waals surface area contributed by atoms with Gasteiger partial charge in [0, 0.05) is 32.2 Å².